The van der Waals surface area contributed by atoms with Gasteiger partial charge in [-0.3, -0.25) is 0 Å². The van der Waals surface area contributed by atoms with Gasteiger partial charge in [0, 0.05) is 6.54 Å². The molecule has 0 unspecified atom stereocenters. The molecule has 4 aromatic carbocycles. The summed E-state index contributed by atoms with van der Waals surface area (Å²) in [6.07, 6.45) is -2.18. The number of aliphatic hydroxyl groups excluding tert-OH is 2. The predicted octanol–water partition coefficient (Wildman–Crippen LogP) is 5.03. The molecule has 0 spiro atoms. The molecule has 1 heterocycles. The largest absolute Gasteiger partial charge is 0.394 e. The van der Waals surface area contributed by atoms with Crippen molar-refractivity contribution in [3.8, 4) is 0 Å². The van der Waals surface area contributed by atoms with Gasteiger partial charge in [-0.05, 0) is 36.1 Å². The summed E-state index contributed by atoms with van der Waals surface area (Å²) < 4.78 is 19.8. The van der Waals surface area contributed by atoms with Crippen LogP contribution in [-0.4, -0.2) is 53.6 Å². The van der Waals surface area contributed by atoms with Crippen molar-refractivity contribution in [2.45, 2.75) is 56.1 Å². The van der Waals surface area contributed by atoms with E-state index >= 15 is 0 Å². The predicted molar refractivity (Wildman–Crippen MR) is 159 cm³/mol. The van der Waals surface area contributed by atoms with E-state index in [9.17, 15) is 10.2 Å². The van der Waals surface area contributed by atoms with Crippen molar-refractivity contribution < 1.29 is 24.4 Å². The lowest BCUT2D eigenvalue weighted by Gasteiger charge is -2.38. The molecule has 214 valence electrons. The molecule has 4 aromatic rings. The van der Waals surface area contributed by atoms with Crippen LogP contribution in [0.1, 0.15) is 36.1 Å². The van der Waals surface area contributed by atoms with E-state index in [-0.39, 0.29) is 6.61 Å². The molecule has 4 atom stereocenters. The Morgan fingerprint density at radius 1 is 0.756 bits per heavy atom. The molecule has 0 aromatic heterocycles. The molecule has 6 nitrogen and oxygen atoms in total. The maximum Gasteiger partial charge on any atom is 0.163 e. The summed E-state index contributed by atoms with van der Waals surface area (Å²) in [4.78, 5) is 0. The number of nitrogens with one attached hydrogen (secondary N) is 1. The highest BCUT2D eigenvalue weighted by Crippen LogP contribution is 2.42. The van der Waals surface area contributed by atoms with Gasteiger partial charge in [0.2, 0.25) is 0 Å². The molecule has 0 radical (unpaired) electrons. The van der Waals surface area contributed by atoms with Crippen LogP contribution in [-0.2, 0) is 26.4 Å². The Labute approximate surface area is 242 Å². The lowest BCUT2D eigenvalue weighted by Crippen LogP contribution is -2.54. The van der Waals surface area contributed by atoms with Crippen molar-refractivity contribution >= 4 is 0 Å². The molecule has 41 heavy (non-hydrogen) atoms. The fourth-order valence-corrected chi connectivity index (χ4v) is 5.69. The summed E-state index contributed by atoms with van der Waals surface area (Å²) >= 11 is 0. The molecule has 1 fully saturated rings. The minimum absolute atomic E-state index is 0.175. The third-order valence-corrected chi connectivity index (χ3v) is 7.57. The van der Waals surface area contributed by atoms with E-state index < -0.39 is 42.3 Å². The second-order valence-corrected chi connectivity index (χ2v) is 10.9. The van der Waals surface area contributed by atoms with E-state index in [1.807, 2.05) is 98.8 Å². The van der Waals surface area contributed by atoms with Gasteiger partial charge < -0.3 is 29.7 Å². The maximum atomic E-state index is 10.9. The Morgan fingerprint density at radius 3 is 1.68 bits per heavy atom. The molecular weight excluding hydrogens is 514 g/mol. The normalized spacial score (nSPS) is 20.0. The van der Waals surface area contributed by atoms with Crippen LogP contribution < -0.4 is 5.32 Å². The molecule has 0 aliphatic carbocycles. The number of ether oxygens (including phenoxy) is 3. The standard InChI is InChI=1S/C35H39NO5/c1-34(2)40-31(33(41-34)32(30(38)24-37)36-23-26-15-7-3-8-16-26)25-39-35(27-17-9-4-10-18-27,28-19-11-5-12-20-28)29-21-13-6-14-22-29/h3-22,30-33,36-38H,23-25H2,1-2H3/t30-,31-,32+,33+/m1/s1. The highest BCUT2D eigenvalue weighted by atomic mass is 16.8. The summed E-state index contributed by atoms with van der Waals surface area (Å²) in [6.45, 7) is 3.98. The minimum atomic E-state index is -1.06. The van der Waals surface area contributed by atoms with E-state index in [0.29, 0.717) is 6.54 Å². The Hall–Kier alpha value is -3.36. The summed E-state index contributed by atoms with van der Waals surface area (Å²) in [5.41, 5.74) is 3.10. The van der Waals surface area contributed by atoms with Crippen molar-refractivity contribution in [3.63, 3.8) is 0 Å². The zero-order valence-electron chi connectivity index (χ0n) is 23.6. The molecule has 0 saturated carbocycles. The van der Waals surface area contributed by atoms with Gasteiger partial charge in [-0.2, -0.15) is 0 Å². The molecule has 0 bridgehead atoms. The van der Waals surface area contributed by atoms with Gasteiger partial charge in [0.25, 0.3) is 0 Å². The van der Waals surface area contributed by atoms with Gasteiger partial charge in [0.05, 0.1) is 25.4 Å². The molecule has 1 saturated heterocycles. The first kappa shape index (κ1) is 29.1. The van der Waals surface area contributed by atoms with Crippen LogP contribution in [0.2, 0.25) is 0 Å². The van der Waals surface area contributed by atoms with Crippen LogP contribution in [0.5, 0.6) is 0 Å². The Bertz CT molecular complexity index is 1240. The second-order valence-electron chi connectivity index (χ2n) is 10.9. The Morgan fingerprint density at radius 2 is 1.22 bits per heavy atom. The van der Waals surface area contributed by atoms with Gasteiger partial charge in [-0.15, -0.1) is 0 Å². The molecule has 6 heteroatoms. The second kappa shape index (κ2) is 13.1. The van der Waals surface area contributed by atoms with Crippen LogP contribution in [0, 0.1) is 0 Å². The molecular formula is C35H39NO5. The highest BCUT2D eigenvalue weighted by molar-refractivity contribution is 5.47. The lowest BCUT2D eigenvalue weighted by atomic mass is 9.80. The van der Waals surface area contributed by atoms with Crippen LogP contribution in [0.25, 0.3) is 0 Å². The van der Waals surface area contributed by atoms with E-state index in [2.05, 4.69) is 41.7 Å². The van der Waals surface area contributed by atoms with Gasteiger partial charge in [0.1, 0.15) is 17.8 Å². The first-order chi connectivity index (χ1) is 19.9. The average Bonchev–Trinajstić information content (AvgIpc) is 3.33. The number of rotatable bonds is 12. The topological polar surface area (TPSA) is 80.2 Å². The summed E-state index contributed by atoms with van der Waals surface area (Å²) in [7, 11) is 0. The molecule has 0 amide bonds. The Balaban J connectivity index is 1.50. The maximum absolute atomic E-state index is 10.9. The van der Waals surface area contributed by atoms with Crippen molar-refractivity contribution in [2.75, 3.05) is 13.2 Å². The zero-order valence-corrected chi connectivity index (χ0v) is 23.6. The molecule has 3 N–H and O–H groups in total. The third-order valence-electron chi connectivity index (χ3n) is 7.57. The van der Waals surface area contributed by atoms with E-state index in [1.54, 1.807) is 0 Å². The summed E-state index contributed by atoms with van der Waals surface area (Å²) in [5.74, 6) is -0.907. The van der Waals surface area contributed by atoms with Crippen molar-refractivity contribution in [2.24, 2.45) is 0 Å². The van der Waals surface area contributed by atoms with Crippen molar-refractivity contribution in [1.82, 2.24) is 5.32 Å². The zero-order chi connectivity index (χ0) is 28.7. The fourth-order valence-electron chi connectivity index (χ4n) is 5.69. The SMILES string of the molecule is CC1(C)O[C@H]([C@@H](NCc2ccccc2)[C@H](O)CO)[C@@H](COC(c2ccccc2)(c2ccccc2)c2ccccc2)O1. The fraction of sp³-hybridized carbons (Fsp3) is 0.314. The van der Waals surface area contributed by atoms with Gasteiger partial charge in [-0.25, -0.2) is 0 Å². The van der Waals surface area contributed by atoms with E-state index in [1.165, 1.54) is 0 Å². The number of aliphatic hydroxyl groups is 2. The molecule has 1 aliphatic heterocycles. The summed E-state index contributed by atoms with van der Waals surface area (Å²) in [5, 5.41) is 24.3. The van der Waals surface area contributed by atoms with Crippen LogP contribution in [0.4, 0.5) is 0 Å². The number of hydrogen-bond donors (Lipinski definition) is 3. The number of hydrogen-bond acceptors (Lipinski definition) is 6. The van der Waals surface area contributed by atoms with Crippen LogP contribution >= 0.6 is 0 Å². The van der Waals surface area contributed by atoms with Gasteiger partial charge in [0.15, 0.2) is 5.79 Å². The monoisotopic (exact) mass is 553 g/mol. The van der Waals surface area contributed by atoms with E-state index in [0.717, 1.165) is 22.3 Å². The van der Waals surface area contributed by atoms with Crippen molar-refractivity contribution in [3.05, 3.63) is 144 Å². The van der Waals surface area contributed by atoms with Gasteiger partial charge >= 0.3 is 0 Å². The van der Waals surface area contributed by atoms with E-state index in [4.69, 9.17) is 14.2 Å². The van der Waals surface area contributed by atoms with Gasteiger partial charge in [-0.1, -0.05) is 121 Å². The Kier molecular flexibility index (Phi) is 9.30. The average molecular weight is 554 g/mol. The highest BCUT2D eigenvalue weighted by Gasteiger charge is 2.48. The third kappa shape index (κ3) is 6.60. The summed E-state index contributed by atoms with van der Waals surface area (Å²) in [6, 6.07) is 39.9. The lowest BCUT2D eigenvalue weighted by molar-refractivity contribution is -0.158. The smallest absolute Gasteiger partial charge is 0.163 e. The first-order valence-electron chi connectivity index (χ1n) is 14.2. The number of benzene rings is 4. The van der Waals surface area contributed by atoms with Crippen LogP contribution in [0.15, 0.2) is 121 Å². The quantitative estimate of drug-likeness (QED) is 0.214. The molecule has 5 rings (SSSR count). The minimum Gasteiger partial charge on any atom is -0.394 e. The molecule has 1 aliphatic rings. The van der Waals surface area contributed by atoms with Crippen molar-refractivity contribution in [1.29, 1.82) is 0 Å². The van der Waals surface area contributed by atoms with Crippen LogP contribution in [0.3, 0.4) is 0 Å². The first-order valence-corrected chi connectivity index (χ1v) is 14.2.